The summed E-state index contributed by atoms with van der Waals surface area (Å²) in [7, 11) is 1.83. The number of piperidine rings is 1. The second kappa shape index (κ2) is 13.1. The fourth-order valence-corrected chi connectivity index (χ4v) is 4.59. The molecule has 12 heteroatoms. The number of carbonyl (C=O) groups is 3. The molecule has 4 rings (SSSR count). The molecule has 206 valence electrons. The zero-order chi connectivity index (χ0) is 27.8. The SMILES string of the molecule is Cn1nccc1-c1cc(NC(=O)Nc2ccc(Cl)cc2)ccc1OCCN1CCC[C@H](C(=O)NCC(=O)O)C1. The van der Waals surface area contributed by atoms with Crippen LogP contribution in [0.5, 0.6) is 5.75 Å². The number of nitrogens with one attached hydrogen (secondary N) is 3. The number of hydrogen-bond acceptors (Lipinski definition) is 6. The highest BCUT2D eigenvalue weighted by molar-refractivity contribution is 6.30. The quantitative estimate of drug-likeness (QED) is 0.300. The van der Waals surface area contributed by atoms with Crippen LogP contribution in [0.2, 0.25) is 5.02 Å². The van der Waals surface area contributed by atoms with E-state index in [1.807, 2.05) is 19.2 Å². The second-order valence-corrected chi connectivity index (χ2v) is 9.67. The number of carboxylic acid groups (broad SMARTS) is 1. The molecule has 4 N–H and O–H groups in total. The molecule has 1 aromatic heterocycles. The van der Waals surface area contributed by atoms with Crippen molar-refractivity contribution in [3.05, 3.63) is 59.8 Å². The minimum atomic E-state index is -1.06. The summed E-state index contributed by atoms with van der Waals surface area (Å²) in [5.74, 6) is -0.899. The van der Waals surface area contributed by atoms with E-state index in [-0.39, 0.29) is 18.4 Å². The first kappa shape index (κ1) is 27.9. The molecule has 3 amide bonds. The Morgan fingerprint density at radius 1 is 1.10 bits per heavy atom. The van der Waals surface area contributed by atoms with Crippen LogP contribution in [0.25, 0.3) is 11.3 Å². The lowest BCUT2D eigenvalue weighted by Crippen LogP contribution is -2.45. The summed E-state index contributed by atoms with van der Waals surface area (Å²) in [4.78, 5) is 37.7. The Morgan fingerprint density at radius 3 is 2.56 bits per heavy atom. The van der Waals surface area contributed by atoms with Crippen molar-refractivity contribution in [1.82, 2.24) is 20.0 Å². The molecular weight excluding hydrogens is 524 g/mol. The summed E-state index contributed by atoms with van der Waals surface area (Å²) in [6.45, 7) is 2.01. The molecule has 3 aromatic rings. The van der Waals surface area contributed by atoms with E-state index in [4.69, 9.17) is 21.4 Å². The molecule has 0 unspecified atom stereocenters. The van der Waals surface area contributed by atoms with Crippen LogP contribution in [0.1, 0.15) is 12.8 Å². The van der Waals surface area contributed by atoms with Crippen LogP contribution < -0.4 is 20.7 Å². The average Bonchev–Trinajstić information content (AvgIpc) is 3.35. The number of aryl methyl sites for hydroxylation is 1. The third-order valence-corrected chi connectivity index (χ3v) is 6.64. The van der Waals surface area contributed by atoms with Gasteiger partial charge in [-0.05, 0) is 67.9 Å². The topological polar surface area (TPSA) is 138 Å². The largest absolute Gasteiger partial charge is 0.492 e. The van der Waals surface area contributed by atoms with Crippen molar-refractivity contribution in [2.45, 2.75) is 12.8 Å². The van der Waals surface area contributed by atoms with E-state index in [2.05, 4.69) is 25.9 Å². The van der Waals surface area contributed by atoms with Crippen LogP contribution >= 0.6 is 11.6 Å². The van der Waals surface area contributed by atoms with E-state index in [0.29, 0.717) is 41.8 Å². The predicted octanol–water partition coefficient (Wildman–Crippen LogP) is 3.68. The molecule has 1 aliphatic rings. The Balaban J connectivity index is 1.38. The maximum absolute atomic E-state index is 12.5. The molecule has 1 atom stereocenters. The Labute approximate surface area is 231 Å². The third kappa shape index (κ3) is 7.95. The van der Waals surface area contributed by atoms with Crippen molar-refractivity contribution in [3.8, 4) is 17.0 Å². The average molecular weight is 555 g/mol. The van der Waals surface area contributed by atoms with Crippen LogP contribution in [0.4, 0.5) is 16.2 Å². The van der Waals surface area contributed by atoms with Crippen LogP contribution in [0.15, 0.2) is 54.7 Å². The number of carboxylic acids is 1. The van der Waals surface area contributed by atoms with Crippen molar-refractivity contribution >= 4 is 40.9 Å². The molecule has 0 spiro atoms. The van der Waals surface area contributed by atoms with Gasteiger partial charge in [-0.25, -0.2) is 4.79 Å². The molecule has 39 heavy (non-hydrogen) atoms. The van der Waals surface area contributed by atoms with Gasteiger partial charge in [-0.15, -0.1) is 0 Å². The van der Waals surface area contributed by atoms with Gasteiger partial charge in [-0.2, -0.15) is 5.10 Å². The lowest BCUT2D eigenvalue weighted by Gasteiger charge is -2.31. The van der Waals surface area contributed by atoms with Gasteiger partial charge in [0, 0.05) is 48.3 Å². The summed E-state index contributed by atoms with van der Waals surface area (Å²) in [5.41, 5.74) is 2.78. The Hall–Kier alpha value is -4.09. The fraction of sp³-hybridized carbons (Fsp3) is 0.333. The molecule has 1 aliphatic heterocycles. The van der Waals surface area contributed by atoms with Crippen molar-refractivity contribution in [1.29, 1.82) is 0 Å². The molecule has 1 saturated heterocycles. The van der Waals surface area contributed by atoms with Gasteiger partial charge in [0.15, 0.2) is 0 Å². The minimum absolute atomic E-state index is 0.232. The van der Waals surface area contributed by atoms with Gasteiger partial charge >= 0.3 is 12.0 Å². The third-order valence-electron chi connectivity index (χ3n) is 6.39. The number of anilines is 2. The number of hydrogen-bond donors (Lipinski definition) is 4. The van der Waals surface area contributed by atoms with Crippen LogP contribution in [0, 0.1) is 5.92 Å². The number of halogens is 1. The first-order valence-corrected chi connectivity index (χ1v) is 13.0. The summed E-state index contributed by atoms with van der Waals surface area (Å²) in [6.07, 6.45) is 3.27. The zero-order valence-corrected chi connectivity index (χ0v) is 22.3. The first-order valence-electron chi connectivity index (χ1n) is 12.6. The second-order valence-electron chi connectivity index (χ2n) is 9.24. The first-order chi connectivity index (χ1) is 18.8. The molecule has 2 heterocycles. The standard InChI is InChI=1S/C27H31ClN6O5/c1-33-23(10-11-30-33)22-15-21(32-27(38)31-20-6-4-19(28)5-7-20)8-9-24(22)39-14-13-34-12-2-3-18(17-34)26(37)29-16-25(35)36/h4-11,15,18H,2-3,12-14,16-17H2,1H3,(H,29,37)(H,35,36)(H2,31,32,38)/t18-/m0/s1. The monoisotopic (exact) mass is 554 g/mol. The van der Waals surface area contributed by atoms with Crippen molar-refractivity contribution in [2.24, 2.45) is 13.0 Å². The summed E-state index contributed by atoms with van der Waals surface area (Å²) in [5, 5.41) is 21.7. The van der Waals surface area contributed by atoms with Gasteiger partial charge in [0.1, 0.15) is 18.9 Å². The highest BCUT2D eigenvalue weighted by Gasteiger charge is 2.26. The molecular formula is C27H31ClN6O5. The van der Waals surface area contributed by atoms with Gasteiger partial charge in [0.25, 0.3) is 0 Å². The number of nitrogens with zero attached hydrogens (tertiary/aromatic N) is 3. The molecule has 11 nitrogen and oxygen atoms in total. The minimum Gasteiger partial charge on any atom is -0.492 e. The number of aromatic nitrogens is 2. The van der Waals surface area contributed by atoms with Crippen LogP contribution in [-0.4, -0.2) is 70.5 Å². The fourth-order valence-electron chi connectivity index (χ4n) is 4.46. The number of carbonyl (C=O) groups excluding carboxylic acids is 2. The highest BCUT2D eigenvalue weighted by Crippen LogP contribution is 2.32. The molecule has 0 saturated carbocycles. The van der Waals surface area contributed by atoms with Gasteiger partial charge in [0.2, 0.25) is 5.91 Å². The van der Waals surface area contributed by atoms with Gasteiger partial charge in [0.05, 0.1) is 11.6 Å². The lowest BCUT2D eigenvalue weighted by molar-refractivity contribution is -0.138. The van der Waals surface area contributed by atoms with Gasteiger partial charge < -0.3 is 25.8 Å². The Kier molecular flexibility index (Phi) is 9.40. The van der Waals surface area contributed by atoms with E-state index in [1.54, 1.807) is 47.3 Å². The molecule has 0 radical (unpaired) electrons. The van der Waals surface area contributed by atoms with E-state index >= 15 is 0 Å². The van der Waals surface area contributed by atoms with E-state index in [9.17, 15) is 14.4 Å². The normalized spacial score (nSPS) is 15.4. The van der Waals surface area contributed by atoms with Gasteiger partial charge in [-0.1, -0.05) is 11.6 Å². The van der Waals surface area contributed by atoms with Gasteiger partial charge in [-0.3, -0.25) is 19.2 Å². The lowest BCUT2D eigenvalue weighted by atomic mass is 9.97. The number of ether oxygens (including phenoxy) is 1. The Morgan fingerprint density at radius 2 is 1.85 bits per heavy atom. The zero-order valence-electron chi connectivity index (χ0n) is 21.5. The van der Waals surface area contributed by atoms with Crippen molar-refractivity contribution in [2.75, 3.05) is 43.4 Å². The molecule has 0 aliphatic carbocycles. The maximum Gasteiger partial charge on any atom is 0.323 e. The van der Waals surface area contributed by atoms with Crippen molar-refractivity contribution in [3.63, 3.8) is 0 Å². The van der Waals surface area contributed by atoms with E-state index in [1.165, 1.54) is 0 Å². The summed E-state index contributed by atoms with van der Waals surface area (Å²) in [6, 6.07) is 13.7. The summed E-state index contributed by atoms with van der Waals surface area (Å²) >= 11 is 5.91. The maximum atomic E-state index is 12.5. The predicted molar refractivity (Wildman–Crippen MR) is 148 cm³/mol. The number of likely N-dealkylation sites (tertiary alicyclic amines) is 1. The van der Waals surface area contributed by atoms with Crippen LogP contribution in [0.3, 0.4) is 0 Å². The number of urea groups is 1. The number of amides is 3. The molecule has 0 bridgehead atoms. The van der Waals surface area contributed by atoms with E-state index in [0.717, 1.165) is 30.6 Å². The van der Waals surface area contributed by atoms with Crippen molar-refractivity contribution < 1.29 is 24.2 Å². The number of benzene rings is 2. The molecule has 2 aromatic carbocycles. The highest BCUT2D eigenvalue weighted by atomic mass is 35.5. The number of rotatable bonds is 10. The van der Waals surface area contributed by atoms with E-state index < -0.39 is 12.0 Å². The molecule has 1 fully saturated rings. The summed E-state index contributed by atoms with van der Waals surface area (Å²) < 4.78 is 7.89. The Bertz CT molecular complexity index is 1310. The number of aliphatic carboxylic acids is 1. The van der Waals surface area contributed by atoms with Crippen LogP contribution in [-0.2, 0) is 16.6 Å². The smallest absolute Gasteiger partial charge is 0.323 e.